The van der Waals surface area contributed by atoms with Crippen molar-refractivity contribution in [1.82, 2.24) is 4.31 Å². The molecule has 0 N–H and O–H groups in total. The molecule has 1 aromatic carbocycles. The third-order valence-electron chi connectivity index (χ3n) is 3.66. The van der Waals surface area contributed by atoms with Gasteiger partial charge in [0.25, 0.3) is 0 Å². The van der Waals surface area contributed by atoms with Crippen LogP contribution in [0.15, 0.2) is 23.1 Å². The van der Waals surface area contributed by atoms with Crippen LogP contribution in [0.2, 0.25) is 0 Å². The van der Waals surface area contributed by atoms with Crippen molar-refractivity contribution in [3.63, 3.8) is 0 Å². The summed E-state index contributed by atoms with van der Waals surface area (Å²) in [5.74, 6) is -0.699. The Morgan fingerprint density at radius 2 is 2.10 bits per heavy atom. The molecule has 1 saturated heterocycles. The van der Waals surface area contributed by atoms with Gasteiger partial charge in [-0.15, -0.1) is 0 Å². The van der Waals surface area contributed by atoms with Crippen LogP contribution < -0.4 is 0 Å². The number of nitrogens with zero attached hydrogens (tertiary/aromatic N) is 2. The molecule has 1 aliphatic rings. The van der Waals surface area contributed by atoms with Gasteiger partial charge in [-0.1, -0.05) is 12.8 Å². The van der Waals surface area contributed by atoms with Crippen LogP contribution in [0.5, 0.6) is 0 Å². The van der Waals surface area contributed by atoms with Crippen LogP contribution in [-0.2, 0) is 10.0 Å². The Labute approximate surface area is 118 Å². The Morgan fingerprint density at radius 3 is 2.80 bits per heavy atom. The SMILES string of the molecule is CC1CCCCCN1S(=O)(=O)c1ccc(F)c(C#N)c1. The number of rotatable bonds is 2. The Balaban J connectivity index is 2.41. The molecule has 1 aliphatic heterocycles. The predicted molar refractivity (Wildman–Crippen MR) is 72.9 cm³/mol. The molecule has 1 fully saturated rings. The van der Waals surface area contributed by atoms with E-state index in [1.807, 2.05) is 6.92 Å². The second-order valence-corrected chi connectivity index (χ2v) is 6.96. The van der Waals surface area contributed by atoms with Gasteiger partial charge in [0.05, 0.1) is 10.5 Å². The zero-order chi connectivity index (χ0) is 14.8. The lowest BCUT2D eigenvalue weighted by molar-refractivity contribution is 0.342. The van der Waals surface area contributed by atoms with E-state index in [0.717, 1.165) is 37.8 Å². The molecular formula is C14H17FN2O2S. The molecule has 108 valence electrons. The summed E-state index contributed by atoms with van der Waals surface area (Å²) in [4.78, 5) is -0.01000. The van der Waals surface area contributed by atoms with Crippen molar-refractivity contribution in [2.24, 2.45) is 0 Å². The first-order chi connectivity index (χ1) is 9.46. The Bertz CT molecular complexity index is 637. The van der Waals surface area contributed by atoms with E-state index < -0.39 is 15.8 Å². The highest BCUT2D eigenvalue weighted by Gasteiger charge is 2.30. The summed E-state index contributed by atoms with van der Waals surface area (Å²) < 4.78 is 40.0. The van der Waals surface area contributed by atoms with E-state index in [1.54, 1.807) is 6.07 Å². The molecule has 20 heavy (non-hydrogen) atoms. The average Bonchev–Trinajstić information content (AvgIpc) is 2.64. The molecule has 4 nitrogen and oxygen atoms in total. The number of halogens is 1. The number of sulfonamides is 1. The quantitative estimate of drug-likeness (QED) is 0.843. The molecule has 0 saturated carbocycles. The van der Waals surface area contributed by atoms with Crippen LogP contribution in [0.3, 0.4) is 0 Å². The van der Waals surface area contributed by atoms with Gasteiger partial charge in [-0.2, -0.15) is 9.57 Å². The molecule has 1 atom stereocenters. The first kappa shape index (κ1) is 14.9. The maximum atomic E-state index is 13.3. The Morgan fingerprint density at radius 1 is 1.35 bits per heavy atom. The minimum absolute atomic E-state index is 0.01000. The third kappa shape index (κ3) is 2.84. The van der Waals surface area contributed by atoms with Gasteiger partial charge in [0.1, 0.15) is 11.9 Å². The minimum Gasteiger partial charge on any atom is -0.207 e. The lowest BCUT2D eigenvalue weighted by Crippen LogP contribution is -2.38. The van der Waals surface area contributed by atoms with Gasteiger partial charge in [0.15, 0.2) is 0 Å². The van der Waals surface area contributed by atoms with Gasteiger partial charge in [-0.25, -0.2) is 12.8 Å². The van der Waals surface area contributed by atoms with Crippen molar-refractivity contribution in [3.05, 3.63) is 29.6 Å². The monoisotopic (exact) mass is 296 g/mol. The minimum atomic E-state index is -3.67. The van der Waals surface area contributed by atoms with E-state index in [9.17, 15) is 12.8 Å². The normalized spacial score (nSPS) is 21.1. The molecule has 1 unspecified atom stereocenters. The highest BCUT2D eigenvalue weighted by atomic mass is 32.2. The molecule has 0 amide bonds. The second kappa shape index (κ2) is 5.90. The molecule has 0 aliphatic carbocycles. The first-order valence-corrected chi connectivity index (χ1v) is 8.12. The van der Waals surface area contributed by atoms with Crippen molar-refractivity contribution >= 4 is 10.0 Å². The third-order valence-corrected chi connectivity index (χ3v) is 5.67. The smallest absolute Gasteiger partial charge is 0.207 e. The summed E-state index contributed by atoms with van der Waals surface area (Å²) in [6.45, 7) is 2.36. The Kier molecular flexibility index (Phi) is 4.41. The van der Waals surface area contributed by atoms with Crippen LogP contribution in [0.4, 0.5) is 4.39 Å². The fraction of sp³-hybridized carbons (Fsp3) is 0.500. The first-order valence-electron chi connectivity index (χ1n) is 6.68. The van der Waals surface area contributed by atoms with E-state index >= 15 is 0 Å². The van der Waals surface area contributed by atoms with Gasteiger partial charge in [-0.05, 0) is 38.0 Å². The molecule has 0 radical (unpaired) electrons. The lowest BCUT2D eigenvalue weighted by atomic mass is 10.1. The number of hydrogen-bond acceptors (Lipinski definition) is 3. The van der Waals surface area contributed by atoms with Gasteiger partial charge in [-0.3, -0.25) is 0 Å². The zero-order valence-electron chi connectivity index (χ0n) is 11.3. The number of benzene rings is 1. The summed E-state index contributed by atoms with van der Waals surface area (Å²) in [7, 11) is -3.67. The lowest BCUT2D eigenvalue weighted by Gasteiger charge is -2.26. The van der Waals surface area contributed by atoms with Gasteiger partial charge in [0.2, 0.25) is 10.0 Å². The van der Waals surface area contributed by atoms with Gasteiger partial charge < -0.3 is 0 Å². The average molecular weight is 296 g/mol. The van der Waals surface area contributed by atoms with Crippen molar-refractivity contribution in [2.75, 3.05) is 6.54 Å². The van der Waals surface area contributed by atoms with E-state index in [-0.39, 0.29) is 16.5 Å². The standard InChI is InChI=1S/C14H17FN2O2S/c1-11-5-3-2-4-8-17(11)20(18,19)13-6-7-14(15)12(9-13)10-16/h6-7,9,11H,2-5,8H2,1H3. The highest BCUT2D eigenvalue weighted by Crippen LogP contribution is 2.25. The fourth-order valence-electron chi connectivity index (χ4n) is 2.49. The topological polar surface area (TPSA) is 61.2 Å². The maximum Gasteiger partial charge on any atom is 0.243 e. The van der Waals surface area contributed by atoms with Crippen molar-refractivity contribution in [3.8, 4) is 6.07 Å². The molecule has 1 heterocycles. The number of nitriles is 1. The van der Waals surface area contributed by atoms with E-state index in [0.29, 0.717) is 6.54 Å². The fourth-order valence-corrected chi connectivity index (χ4v) is 4.22. The van der Waals surface area contributed by atoms with Gasteiger partial charge >= 0.3 is 0 Å². The molecule has 0 spiro atoms. The Hall–Kier alpha value is -1.45. The van der Waals surface area contributed by atoms with E-state index in [4.69, 9.17) is 5.26 Å². The molecule has 0 aromatic heterocycles. The largest absolute Gasteiger partial charge is 0.243 e. The van der Waals surface area contributed by atoms with Crippen LogP contribution in [-0.4, -0.2) is 25.3 Å². The van der Waals surface area contributed by atoms with Gasteiger partial charge in [0, 0.05) is 12.6 Å². The summed E-state index contributed by atoms with van der Waals surface area (Å²) in [5.41, 5.74) is -0.242. The summed E-state index contributed by atoms with van der Waals surface area (Å²) in [6, 6.07) is 4.98. The summed E-state index contributed by atoms with van der Waals surface area (Å²) >= 11 is 0. The summed E-state index contributed by atoms with van der Waals surface area (Å²) in [6.07, 6.45) is 3.69. The second-order valence-electron chi connectivity index (χ2n) is 5.07. The highest BCUT2D eigenvalue weighted by molar-refractivity contribution is 7.89. The molecule has 6 heteroatoms. The van der Waals surface area contributed by atoms with Crippen molar-refractivity contribution < 1.29 is 12.8 Å². The van der Waals surface area contributed by atoms with E-state index in [2.05, 4.69) is 0 Å². The molecule has 0 bridgehead atoms. The molecule has 1 aromatic rings. The van der Waals surface area contributed by atoms with Crippen molar-refractivity contribution in [2.45, 2.75) is 43.5 Å². The molecular weight excluding hydrogens is 279 g/mol. The molecule has 2 rings (SSSR count). The number of hydrogen-bond donors (Lipinski definition) is 0. The maximum absolute atomic E-state index is 13.3. The summed E-state index contributed by atoms with van der Waals surface area (Å²) in [5, 5.41) is 8.82. The van der Waals surface area contributed by atoms with Crippen LogP contribution in [0.25, 0.3) is 0 Å². The van der Waals surface area contributed by atoms with Crippen LogP contribution in [0.1, 0.15) is 38.2 Å². The van der Waals surface area contributed by atoms with E-state index in [1.165, 1.54) is 10.4 Å². The van der Waals surface area contributed by atoms with Crippen molar-refractivity contribution in [1.29, 1.82) is 5.26 Å². The zero-order valence-corrected chi connectivity index (χ0v) is 12.2. The van der Waals surface area contributed by atoms with Crippen LogP contribution >= 0.6 is 0 Å². The van der Waals surface area contributed by atoms with Crippen LogP contribution in [0, 0.1) is 17.1 Å². The predicted octanol–water partition coefficient (Wildman–Crippen LogP) is 2.65.